The molecule has 2 unspecified atom stereocenters. The third-order valence-corrected chi connectivity index (χ3v) is 9.17. The molecule has 3 heterocycles. The van der Waals surface area contributed by atoms with Crippen LogP contribution in [-0.4, -0.2) is 74.6 Å². The third-order valence-electron chi connectivity index (χ3n) is 8.92. The second-order valence-corrected chi connectivity index (χ2v) is 12.6. The van der Waals surface area contributed by atoms with Gasteiger partial charge in [-0.1, -0.05) is 66.2 Å². The summed E-state index contributed by atoms with van der Waals surface area (Å²) >= 11 is 6.15. The van der Waals surface area contributed by atoms with Crippen molar-refractivity contribution in [3.63, 3.8) is 0 Å². The van der Waals surface area contributed by atoms with Crippen LogP contribution in [0.15, 0.2) is 85.5 Å². The molecule has 1 fully saturated rings. The van der Waals surface area contributed by atoms with Gasteiger partial charge in [-0.25, -0.2) is 9.67 Å². The Kier molecular flexibility index (Phi) is 9.47. The Morgan fingerprint density at radius 2 is 1.69 bits per heavy atom. The molecule has 6 rings (SSSR count). The van der Waals surface area contributed by atoms with E-state index in [0.29, 0.717) is 56.6 Å². The first-order valence-electron chi connectivity index (χ1n) is 15.7. The number of piperazine rings is 1. The molecule has 2 aliphatic rings. The number of hydrogen-bond acceptors (Lipinski definition) is 6. The van der Waals surface area contributed by atoms with Crippen LogP contribution in [0.25, 0.3) is 0 Å². The lowest BCUT2D eigenvalue weighted by Gasteiger charge is -2.38. The molecule has 2 atom stereocenters. The highest BCUT2D eigenvalue weighted by molar-refractivity contribution is 6.30. The third kappa shape index (κ3) is 7.21. The normalized spacial score (nSPS) is 17.4. The molecule has 0 radical (unpaired) electrons. The molecule has 1 saturated heterocycles. The number of hydrogen-bond donors (Lipinski definition) is 1. The monoisotopic (exact) mass is 625 g/mol. The van der Waals surface area contributed by atoms with Crippen LogP contribution < -0.4 is 10.2 Å². The Bertz CT molecular complexity index is 1600. The van der Waals surface area contributed by atoms with Crippen molar-refractivity contribution >= 4 is 29.1 Å². The lowest BCUT2D eigenvalue weighted by atomic mass is 10.0. The zero-order valence-electron chi connectivity index (χ0n) is 25.8. The standard InChI is InChI=1S/C35H40ClN7O2/c1-25(2)43-22-27-7-3-5-9-30(27)33(43)20-34(44)39-31(19-26-11-13-29(36)14-12-26)35(45)41-17-15-40(16-18-41)32-10-6-4-8-28(32)21-42-24-37-23-38-42/h3-14,23-25,31,33H,15-22H2,1-2H3,(H,39,44). The number of para-hydroxylation sites is 1. The second kappa shape index (κ2) is 13.8. The van der Waals surface area contributed by atoms with Crippen LogP contribution in [-0.2, 0) is 29.1 Å². The van der Waals surface area contributed by atoms with Gasteiger partial charge in [-0.3, -0.25) is 14.5 Å². The summed E-state index contributed by atoms with van der Waals surface area (Å²) in [6.07, 6.45) is 3.96. The topological polar surface area (TPSA) is 86.6 Å². The van der Waals surface area contributed by atoms with E-state index in [1.165, 1.54) is 11.1 Å². The van der Waals surface area contributed by atoms with E-state index in [1.807, 2.05) is 52.0 Å². The van der Waals surface area contributed by atoms with Crippen LogP contribution >= 0.6 is 11.6 Å². The number of aromatic nitrogens is 3. The number of anilines is 1. The number of carbonyl (C=O) groups is 2. The molecule has 1 aromatic heterocycles. The van der Waals surface area contributed by atoms with Crippen LogP contribution in [0.5, 0.6) is 0 Å². The summed E-state index contributed by atoms with van der Waals surface area (Å²) in [5.41, 5.74) is 5.70. The van der Waals surface area contributed by atoms with Gasteiger partial charge in [0, 0.05) is 68.4 Å². The summed E-state index contributed by atoms with van der Waals surface area (Å²) in [4.78, 5) is 38.4. The summed E-state index contributed by atoms with van der Waals surface area (Å²) in [5, 5.41) is 8.05. The van der Waals surface area contributed by atoms with Crippen LogP contribution in [0.2, 0.25) is 5.02 Å². The van der Waals surface area contributed by atoms with E-state index in [4.69, 9.17) is 11.6 Å². The maximum absolute atomic E-state index is 14.1. The second-order valence-electron chi connectivity index (χ2n) is 12.2. The quantitative estimate of drug-likeness (QED) is 0.275. The predicted octanol–water partition coefficient (Wildman–Crippen LogP) is 4.71. The molecule has 2 aliphatic heterocycles. The molecule has 9 nitrogen and oxygen atoms in total. The maximum atomic E-state index is 14.1. The number of nitrogens with one attached hydrogen (secondary N) is 1. The summed E-state index contributed by atoms with van der Waals surface area (Å²) in [6.45, 7) is 8.32. The minimum Gasteiger partial charge on any atom is -0.368 e. The van der Waals surface area contributed by atoms with Gasteiger partial charge in [0.2, 0.25) is 11.8 Å². The van der Waals surface area contributed by atoms with Crippen molar-refractivity contribution in [3.8, 4) is 0 Å². The Morgan fingerprint density at radius 1 is 0.956 bits per heavy atom. The molecule has 45 heavy (non-hydrogen) atoms. The smallest absolute Gasteiger partial charge is 0.245 e. The fourth-order valence-corrected chi connectivity index (χ4v) is 6.70. The summed E-state index contributed by atoms with van der Waals surface area (Å²) in [5.74, 6) is -0.170. The summed E-state index contributed by atoms with van der Waals surface area (Å²) in [6, 6.07) is 23.7. The van der Waals surface area contributed by atoms with E-state index in [0.717, 1.165) is 23.4 Å². The van der Waals surface area contributed by atoms with Crippen molar-refractivity contribution in [3.05, 3.63) is 113 Å². The van der Waals surface area contributed by atoms with Crippen molar-refractivity contribution in [1.29, 1.82) is 0 Å². The summed E-state index contributed by atoms with van der Waals surface area (Å²) < 4.78 is 1.81. The van der Waals surface area contributed by atoms with Gasteiger partial charge in [-0.05, 0) is 54.3 Å². The Balaban J connectivity index is 1.15. The van der Waals surface area contributed by atoms with Crippen LogP contribution in [0.4, 0.5) is 5.69 Å². The summed E-state index contributed by atoms with van der Waals surface area (Å²) in [7, 11) is 0. The molecule has 1 N–H and O–H groups in total. The highest BCUT2D eigenvalue weighted by Crippen LogP contribution is 2.37. The van der Waals surface area contributed by atoms with Crippen molar-refractivity contribution < 1.29 is 9.59 Å². The number of carbonyl (C=O) groups excluding carboxylic acids is 2. The SMILES string of the molecule is CC(C)N1Cc2ccccc2C1CC(=O)NC(Cc1ccc(Cl)cc1)C(=O)N1CCN(c2ccccc2Cn2cncn2)CC1. The molecular weight excluding hydrogens is 586 g/mol. The van der Waals surface area contributed by atoms with Gasteiger partial charge in [0.05, 0.1) is 6.54 Å². The molecule has 4 aromatic rings. The number of fused-ring (bicyclic) bond motifs is 1. The largest absolute Gasteiger partial charge is 0.368 e. The fourth-order valence-electron chi connectivity index (χ4n) is 6.57. The van der Waals surface area contributed by atoms with Gasteiger partial charge >= 0.3 is 0 Å². The number of amides is 2. The number of benzene rings is 3. The van der Waals surface area contributed by atoms with Crippen LogP contribution in [0.3, 0.4) is 0 Å². The molecule has 10 heteroatoms. The molecule has 234 valence electrons. The van der Waals surface area contributed by atoms with Gasteiger partial charge in [0.1, 0.15) is 18.7 Å². The molecule has 0 aliphatic carbocycles. The Morgan fingerprint density at radius 3 is 2.42 bits per heavy atom. The van der Waals surface area contributed by atoms with Crippen LogP contribution in [0, 0.1) is 0 Å². The molecule has 0 saturated carbocycles. The van der Waals surface area contributed by atoms with Crippen molar-refractivity contribution in [2.45, 2.75) is 57.9 Å². The van der Waals surface area contributed by atoms with E-state index in [9.17, 15) is 9.59 Å². The number of halogens is 1. The van der Waals surface area contributed by atoms with Crippen molar-refractivity contribution in [2.24, 2.45) is 0 Å². The zero-order chi connectivity index (χ0) is 31.3. The lowest BCUT2D eigenvalue weighted by molar-refractivity contribution is -0.137. The molecule has 0 spiro atoms. The Hall–Kier alpha value is -4.21. The highest BCUT2D eigenvalue weighted by Gasteiger charge is 2.35. The van der Waals surface area contributed by atoms with Gasteiger partial charge in [0.15, 0.2) is 0 Å². The Labute approximate surface area is 269 Å². The van der Waals surface area contributed by atoms with E-state index >= 15 is 0 Å². The van der Waals surface area contributed by atoms with Gasteiger partial charge in [-0.2, -0.15) is 5.10 Å². The predicted molar refractivity (Wildman–Crippen MR) is 176 cm³/mol. The highest BCUT2D eigenvalue weighted by atomic mass is 35.5. The molecule has 3 aromatic carbocycles. The van der Waals surface area contributed by atoms with Gasteiger partial charge < -0.3 is 15.1 Å². The first kappa shape index (κ1) is 30.8. The van der Waals surface area contributed by atoms with Gasteiger partial charge in [-0.15, -0.1) is 0 Å². The number of rotatable bonds is 10. The molecular formula is C35H40ClN7O2. The van der Waals surface area contributed by atoms with E-state index in [-0.39, 0.29) is 17.9 Å². The van der Waals surface area contributed by atoms with Crippen molar-refractivity contribution in [2.75, 3.05) is 31.1 Å². The maximum Gasteiger partial charge on any atom is 0.245 e. The van der Waals surface area contributed by atoms with E-state index in [1.54, 1.807) is 12.7 Å². The fraction of sp³-hybridized carbons (Fsp3) is 0.371. The molecule has 2 amide bonds. The van der Waals surface area contributed by atoms with Gasteiger partial charge in [0.25, 0.3) is 0 Å². The lowest BCUT2D eigenvalue weighted by Crippen LogP contribution is -2.56. The minimum atomic E-state index is -0.672. The average molecular weight is 626 g/mol. The first-order valence-corrected chi connectivity index (χ1v) is 16.0. The van der Waals surface area contributed by atoms with Crippen LogP contribution in [0.1, 0.15) is 48.6 Å². The molecule has 0 bridgehead atoms. The van der Waals surface area contributed by atoms with E-state index in [2.05, 4.69) is 69.4 Å². The zero-order valence-corrected chi connectivity index (χ0v) is 26.6. The number of nitrogens with zero attached hydrogens (tertiary/aromatic N) is 6. The average Bonchev–Trinajstić information content (AvgIpc) is 3.70. The minimum absolute atomic E-state index is 0.0198. The van der Waals surface area contributed by atoms with Crippen molar-refractivity contribution in [1.82, 2.24) is 29.9 Å². The van der Waals surface area contributed by atoms with E-state index < -0.39 is 6.04 Å². The first-order chi connectivity index (χ1) is 21.9.